The van der Waals surface area contributed by atoms with Crippen molar-refractivity contribution in [2.45, 2.75) is 32.8 Å². The number of aliphatic hydroxyl groups is 1. The second-order valence-corrected chi connectivity index (χ2v) is 4.35. The summed E-state index contributed by atoms with van der Waals surface area (Å²) >= 11 is 0. The van der Waals surface area contributed by atoms with Gasteiger partial charge in [-0.1, -0.05) is 6.92 Å². The summed E-state index contributed by atoms with van der Waals surface area (Å²) in [6.07, 6.45) is 2.28. The SMILES string of the molecule is CCCNc1ncc(F)c(N(C)CCC(C)O)n1. The van der Waals surface area contributed by atoms with Crippen LogP contribution in [0.15, 0.2) is 6.20 Å². The third kappa shape index (κ3) is 4.44. The molecule has 0 aromatic carbocycles. The summed E-state index contributed by atoms with van der Waals surface area (Å²) in [4.78, 5) is 9.70. The van der Waals surface area contributed by atoms with Crippen molar-refractivity contribution in [2.24, 2.45) is 0 Å². The lowest BCUT2D eigenvalue weighted by Gasteiger charge is -2.19. The zero-order valence-electron chi connectivity index (χ0n) is 11.1. The highest BCUT2D eigenvalue weighted by Gasteiger charge is 2.12. The van der Waals surface area contributed by atoms with Crippen LogP contribution < -0.4 is 10.2 Å². The van der Waals surface area contributed by atoms with Gasteiger partial charge >= 0.3 is 0 Å². The van der Waals surface area contributed by atoms with Crippen LogP contribution in [0.25, 0.3) is 0 Å². The van der Waals surface area contributed by atoms with Crippen LogP contribution in [0, 0.1) is 5.82 Å². The Hall–Kier alpha value is -1.43. The van der Waals surface area contributed by atoms with E-state index in [2.05, 4.69) is 15.3 Å². The first kappa shape index (κ1) is 14.6. The van der Waals surface area contributed by atoms with E-state index in [0.717, 1.165) is 13.0 Å². The van der Waals surface area contributed by atoms with E-state index in [1.54, 1.807) is 18.9 Å². The van der Waals surface area contributed by atoms with Gasteiger partial charge in [0.2, 0.25) is 5.95 Å². The van der Waals surface area contributed by atoms with Crippen molar-refractivity contribution < 1.29 is 9.50 Å². The number of aliphatic hydroxyl groups excluding tert-OH is 1. The Morgan fingerprint density at radius 3 is 2.89 bits per heavy atom. The molecule has 1 rings (SSSR count). The minimum absolute atomic E-state index is 0.254. The summed E-state index contributed by atoms with van der Waals surface area (Å²) in [5.41, 5.74) is 0. The second kappa shape index (κ2) is 7.10. The first-order valence-electron chi connectivity index (χ1n) is 6.20. The van der Waals surface area contributed by atoms with Crippen LogP contribution in [0.3, 0.4) is 0 Å². The van der Waals surface area contributed by atoms with E-state index in [4.69, 9.17) is 0 Å². The van der Waals surface area contributed by atoms with Crippen LogP contribution in [0.2, 0.25) is 0 Å². The standard InChI is InChI=1S/C12H21FN4O/c1-4-6-14-12-15-8-10(13)11(16-12)17(3)7-5-9(2)18/h8-9,18H,4-7H2,1-3H3,(H,14,15,16). The lowest BCUT2D eigenvalue weighted by molar-refractivity contribution is 0.186. The normalized spacial score (nSPS) is 12.3. The third-order valence-electron chi connectivity index (χ3n) is 2.50. The van der Waals surface area contributed by atoms with Crippen LogP contribution in [-0.4, -0.2) is 41.3 Å². The molecule has 18 heavy (non-hydrogen) atoms. The predicted molar refractivity (Wildman–Crippen MR) is 70.3 cm³/mol. The molecule has 1 unspecified atom stereocenters. The van der Waals surface area contributed by atoms with Gasteiger partial charge in [-0.15, -0.1) is 0 Å². The van der Waals surface area contributed by atoms with Gasteiger partial charge in [0.1, 0.15) is 0 Å². The van der Waals surface area contributed by atoms with Gasteiger partial charge in [-0.05, 0) is 19.8 Å². The summed E-state index contributed by atoms with van der Waals surface area (Å²) < 4.78 is 13.6. The molecule has 0 amide bonds. The molecule has 102 valence electrons. The number of nitrogens with zero attached hydrogens (tertiary/aromatic N) is 3. The van der Waals surface area contributed by atoms with Crippen LogP contribution in [0.1, 0.15) is 26.7 Å². The van der Waals surface area contributed by atoms with Crippen molar-refractivity contribution in [1.29, 1.82) is 0 Å². The van der Waals surface area contributed by atoms with Crippen LogP contribution in [0.5, 0.6) is 0 Å². The molecule has 1 atom stereocenters. The van der Waals surface area contributed by atoms with Crippen molar-refractivity contribution >= 4 is 11.8 Å². The second-order valence-electron chi connectivity index (χ2n) is 4.35. The molecule has 0 aliphatic rings. The Morgan fingerprint density at radius 1 is 1.56 bits per heavy atom. The van der Waals surface area contributed by atoms with Crippen molar-refractivity contribution in [3.05, 3.63) is 12.0 Å². The van der Waals surface area contributed by atoms with Crippen LogP contribution in [-0.2, 0) is 0 Å². The number of halogens is 1. The van der Waals surface area contributed by atoms with Gasteiger partial charge in [0, 0.05) is 20.1 Å². The number of hydrogen-bond acceptors (Lipinski definition) is 5. The predicted octanol–water partition coefficient (Wildman–Crippen LogP) is 1.64. The van der Waals surface area contributed by atoms with E-state index in [-0.39, 0.29) is 5.82 Å². The largest absolute Gasteiger partial charge is 0.393 e. The Balaban J connectivity index is 2.72. The first-order valence-corrected chi connectivity index (χ1v) is 6.20. The molecule has 0 aliphatic heterocycles. The topological polar surface area (TPSA) is 61.3 Å². The molecule has 1 heterocycles. The van der Waals surface area contributed by atoms with Gasteiger partial charge in [0.05, 0.1) is 12.3 Å². The molecule has 2 N–H and O–H groups in total. The average molecular weight is 256 g/mol. The smallest absolute Gasteiger partial charge is 0.224 e. The summed E-state index contributed by atoms with van der Waals surface area (Å²) in [7, 11) is 1.75. The van der Waals surface area contributed by atoms with E-state index < -0.39 is 11.9 Å². The Labute approximate surface area is 107 Å². The van der Waals surface area contributed by atoms with Crippen LogP contribution in [0.4, 0.5) is 16.2 Å². The molecule has 5 nitrogen and oxygen atoms in total. The molecule has 1 aromatic heterocycles. The van der Waals surface area contributed by atoms with E-state index >= 15 is 0 Å². The molecule has 0 radical (unpaired) electrons. The van der Waals surface area contributed by atoms with Crippen molar-refractivity contribution in [3.63, 3.8) is 0 Å². The minimum atomic E-state index is -0.454. The highest BCUT2D eigenvalue weighted by Crippen LogP contribution is 2.16. The fraction of sp³-hybridized carbons (Fsp3) is 0.667. The molecule has 0 saturated heterocycles. The lowest BCUT2D eigenvalue weighted by Crippen LogP contribution is -2.24. The van der Waals surface area contributed by atoms with E-state index in [9.17, 15) is 9.50 Å². The Kier molecular flexibility index (Phi) is 5.77. The fourth-order valence-corrected chi connectivity index (χ4v) is 1.43. The first-order chi connectivity index (χ1) is 8.54. The van der Waals surface area contributed by atoms with Crippen molar-refractivity contribution in [1.82, 2.24) is 9.97 Å². The van der Waals surface area contributed by atoms with Gasteiger partial charge < -0.3 is 15.3 Å². The van der Waals surface area contributed by atoms with E-state index in [0.29, 0.717) is 18.9 Å². The summed E-state index contributed by atoms with van der Waals surface area (Å²) in [6.45, 7) is 5.03. The molecular weight excluding hydrogens is 235 g/mol. The summed E-state index contributed by atoms with van der Waals surface area (Å²) in [5.74, 6) is 0.228. The Morgan fingerprint density at radius 2 is 2.28 bits per heavy atom. The maximum atomic E-state index is 13.6. The van der Waals surface area contributed by atoms with Crippen molar-refractivity contribution in [2.75, 3.05) is 30.4 Å². The average Bonchev–Trinajstić information content (AvgIpc) is 2.35. The third-order valence-corrected chi connectivity index (χ3v) is 2.50. The van der Waals surface area contributed by atoms with Gasteiger partial charge in [0.15, 0.2) is 11.6 Å². The fourth-order valence-electron chi connectivity index (χ4n) is 1.43. The molecule has 0 spiro atoms. The highest BCUT2D eigenvalue weighted by molar-refractivity contribution is 5.43. The lowest BCUT2D eigenvalue weighted by atomic mass is 10.3. The van der Waals surface area contributed by atoms with E-state index in [1.165, 1.54) is 6.20 Å². The number of aromatic nitrogens is 2. The number of hydrogen-bond donors (Lipinski definition) is 2. The van der Waals surface area contributed by atoms with Gasteiger partial charge in [0.25, 0.3) is 0 Å². The Bertz CT molecular complexity index is 373. The number of anilines is 2. The van der Waals surface area contributed by atoms with Gasteiger partial charge in [-0.2, -0.15) is 4.98 Å². The monoisotopic (exact) mass is 256 g/mol. The molecule has 0 fully saturated rings. The molecule has 1 aromatic rings. The van der Waals surface area contributed by atoms with E-state index in [1.807, 2.05) is 6.92 Å². The maximum Gasteiger partial charge on any atom is 0.224 e. The minimum Gasteiger partial charge on any atom is -0.393 e. The highest BCUT2D eigenvalue weighted by atomic mass is 19.1. The zero-order chi connectivity index (χ0) is 13.5. The van der Waals surface area contributed by atoms with Crippen LogP contribution >= 0.6 is 0 Å². The molecule has 0 bridgehead atoms. The van der Waals surface area contributed by atoms with Gasteiger partial charge in [-0.3, -0.25) is 0 Å². The maximum absolute atomic E-state index is 13.6. The molecular formula is C12H21FN4O. The number of nitrogens with one attached hydrogen (secondary N) is 1. The number of rotatable bonds is 7. The summed E-state index contributed by atoms with van der Waals surface area (Å²) in [6, 6.07) is 0. The molecule has 0 saturated carbocycles. The molecule has 0 aliphatic carbocycles. The van der Waals surface area contributed by atoms with Crippen molar-refractivity contribution in [3.8, 4) is 0 Å². The van der Waals surface area contributed by atoms with Gasteiger partial charge in [-0.25, -0.2) is 9.37 Å². The summed E-state index contributed by atoms with van der Waals surface area (Å²) in [5, 5.41) is 12.2. The molecule has 6 heteroatoms. The zero-order valence-corrected chi connectivity index (χ0v) is 11.1. The quantitative estimate of drug-likeness (QED) is 0.776.